The molecule has 2 nitrogen and oxygen atoms in total. The van der Waals surface area contributed by atoms with Crippen molar-refractivity contribution in [2.45, 2.75) is 37.8 Å². The van der Waals surface area contributed by atoms with Crippen LogP contribution in [-0.2, 0) is 0 Å². The molecule has 0 aromatic heterocycles. The van der Waals surface area contributed by atoms with Gasteiger partial charge in [-0.3, -0.25) is 9.98 Å². The van der Waals surface area contributed by atoms with E-state index in [-0.39, 0.29) is 12.1 Å². The molecule has 0 spiro atoms. The molecule has 0 saturated heterocycles. The minimum atomic E-state index is 0.0913. The summed E-state index contributed by atoms with van der Waals surface area (Å²) in [6, 6.07) is 11.1. The third kappa shape index (κ3) is 4.80. The Balaban J connectivity index is 1.80. The second-order valence-electron chi connectivity index (χ2n) is 6.25. The molecule has 0 N–H and O–H groups in total. The first-order valence-electron chi connectivity index (χ1n) is 8.50. The van der Waals surface area contributed by atoms with Crippen LogP contribution in [0.25, 0.3) is 0 Å². The second-order valence-corrected chi connectivity index (χ2v) is 7.87. The van der Waals surface area contributed by atoms with Gasteiger partial charge in [-0.1, -0.05) is 71.4 Å². The molecule has 1 aliphatic carbocycles. The summed E-state index contributed by atoms with van der Waals surface area (Å²) in [6.45, 7) is 0. The highest BCUT2D eigenvalue weighted by Gasteiger charge is 2.23. The SMILES string of the molecule is Clc1cccc(Cl)c1C=N[C@H]1CCCC[C@@H]1N=Cc1c(Cl)cccc1Cl. The molecule has 3 rings (SSSR count). The minimum Gasteiger partial charge on any atom is -0.287 e. The van der Waals surface area contributed by atoms with Gasteiger partial charge in [-0.15, -0.1) is 0 Å². The van der Waals surface area contributed by atoms with E-state index in [1.54, 1.807) is 12.4 Å². The maximum atomic E-state index is 6.23. The van der Waals surface area contributed by atoms with Gasteiger partial charge in [0.1, 0.15) is 0 Å². The molecule has 2 aromatic carbocycles. The predicted molar refractivity (Wildman–Crippen MR) is 114 cm³/mol. The number of hydrogen-bond acceptors (Lipinski definition) is 2. The summed E-state index contributed by atoms with van der Waals surface area (Å²) >= 11 is 24.9. The fourth-order valence-electron chi connectivity index (χ4n) is 3.05. The summed E-state index contributed by atoms with van der Waals surface area (Å²) in [7, 11) is 0. The fraction of sp³-hybridized carbons (Fsp3) is 0.300. The Morgan fingerprint density at radius 1 is 0.654 bits per heavy atom. The molecule has 6 heteroatoms. The first-order chi connectivity index (χ1) is 12.6. The van der Waals surface area contributed by atoms with E-state index in [4.69, 9.17) is 56.4 Å². The second kappa shape index (κ2) is 9.23. The smallest absolute Gasteiger partial charge is 0.0723 e. The number of halogens is 4. The number of benzene rings is 2. The first kappa shape index (κ1) is 19.7. The van der Waals surface area contributed by atoms with Crippen molar-refractivity contribution >= 4 is 58.8 Å². The van der Waals surface area contributed by atoms with E-state index in [0.29, 0.717) is 20.1 Å². The van der Waals surface area contributed by atoms with Gasteiger partial charge in [-0.05, 0) is 37.1 Å². The van der Waals surface area contributed by atoms with Crippen molar-refractivity contribution in [2.24, 2.45) is 9.98 Å². The lowest BCUT2D eigenvalue weighted by atomic mass is 9.91. The van der Waals surface area contributed by atoms with Crippen LogP contribution >= 0.6 is 46.4 Å². The number of nitrogens with zero attached hydrogens (tertiary/aromatic N) is 2. The van der Waals surface area contributed by atoms with E-state index < -0.39 is 0 Å². The van der Waals surface area contributed by atoms with Gasteiger partial charge in [0.15, 0.2) is 0 Å². The Morgan fingerprint density at radius 3 is 1.35 bits per heavy atom. The number of rotatable bonds is 4. The molecule has 1 aliphatic rings. The van der Waals surface area contributed by atoms with E-state index in [2.05, 4.69) is 0 Å². The van der Waals surface area contributed by atoms with Gasteiger partial charge >= 0.3 is 0 Å². The van der Waals surface area contributed by atoms with Crippen LogP contribution in [0.1, 0.15) is 36.8 Å². The maximum Gasteiger partial charge on any atom is 0.0723 e. The van der Waals surface area contributed by atoms with Gasteiger partial charge in [0.05, 0.1) is 32.2 Å². The molecular formula is C20H18Cl4N2. The van der Waals surface area contributed by atoms with Gasteiger partial charge in [0.2, 0.25) is 0 Å². The highest BCUT2D eigenvalue weighted by Crippen LogP contribution is 2.27. The third-order valence-corrected chi connectivity index (χ3v) is 5.80. The normalized spacial score (nSPS) is 20.9. The molecular weight excluding hydrogens is 410 g/mol. The zero-order valence-electron chi connectivity index (χ0n) is 14.0. The monoisotopic (exact) mass is 426 g/mol. The highest BCUT2D eigenvalue weighted by atomic mass is 35.5. The topological polar surface area (TPSA) is 24.7 Å². The van der Waals surface area contributed by atoms with Gasteiger partial charge in [0.25, 0.3) is 0 Å². The lowest BCUT2D eigenvalue weighted by molar-refractivity contribution is 0.390. The van der Waals surface area contributed by atoms with Gasteiger partial charge < -0.3 is 0 Å². The predicted octanol–water partition coefficient (Wildman–Crippen LogP) is 7.15. The Kier molecular flexibility index (Phi) is 6.99. The lowest BCUT2D eigenvalue weighted by Crippen LogP contribution is -2.27. The Morgan fingerprint density at radius 2 is 1.00 bits per heavy atom. The zero-order valence-corrected chi connectivity index (χ0v) is 17.0. The number of hydrogen-bond donors (Lipinski definition) is 0. The average Bonchev–Trinajstić information content (AvgIpc) is 2.62. The maximum absolute atomic E-state index is 6.23. The van der Waals surface area contributed by atoms with E-state index in [0.717, 1.165) is 36.8 Å². The van der Waals surface area contributed by atoms with Crippen LogP contribution in [0.2, 0.25) is 20.1 Å². The molecule has 0 heterocycles. The molecule has 0 amide bonds. The summed E-state index contributed by atoms with van der Waals surface area (Å²) in [5, 5.41) is 2.39. The van der Waals surface area contributed by atoms with E-state index in [9.17, 15) is 0 Å². The summed E-state index contributed by atoms with van der Waals surface area (Å²) in [5.74, 6) is 0. The van der Waals surface area contributed by atoms with Crippen LogP contribution in [0.3, 0.4) is 0 Å². The van der Waals surface area contributed by atoms with Crippen molar-refractivity contribution in [2.75, 3.05) is 0 Å². The van der Waals surface area contributed by atoms with Crippen molar-refractivity contribution in [3.8, 4) is 0 Å². The molecule has 26 heavy (non-hydrogen) atoms. The largest absolute Gasteiger partial charge is 0.287 e. The molecule has 0 bridgehead atoms. The van der Waals surface area contributed by atoms with Crippen molar-refractivity contribution < 1.29 is 0 Å². The van der Waals surface area contributed by atoms with Crippen LogP contribution in [0.4, 0.5) is 0 Å². The molecule has 2 aromatic rings. The average molecular weight is 428 g/mol. The Hall–Kier alpha value is -1.06. The van der Waals surface area contributed by atoms with Crippen molar-refractivity contribution in [3.63, 3.8) is 0 Å². The molecule has 1 fully saturated rings. The van der Waals surface area contributed by atoms with Crippen LogP contribution in [0, 0.1) is 0 Å². The molecule has 0 radical (unpaired) electrons. The molecule has 2 atom stereocenters. The zero-order chi connectivity index (χ0) is 18.5. The quantitative estimate of drug-likeness (QED) is 0.462. The third-order valence-electron chi connectivity index (χ3n) is 4.48. The Labute approximate surface area is 173 Å². The minimum absolute atomic E-state index is 0.0913. The van der Waals surface area contributed by atoms with E-state index >= 15 is 0 Å². The molecule has 136 valence electrons. The molecule has 0 unspecified atom stereocenters. The summed E-state index contributed by atoms with van der Waals surface area (Å²) < 4.78 is 0. The van der Waals surface area contributed by atoms with E-state index in [1.807, 2.05) is 36.4 Å². The Bertz CT molecular complexity index is 723. The van der Waals surface area contributed by atoms with Crippen LogP contribution in [-0.4, -0.2) is 24.5 Å². The van der Waals surface area contributed by atoms with Gasteiger partial charge in [-0.2, -0.15) is 0 Å². The van der Waals surface area contributed by atoms with Crippen molar-refractivity contribution in [3.05, 3.63) is 67.6 Å². The summed E-state index contributed by atoms with van der Waals surface area (Å²) in [4.78, 5) is 9.48. The molecule has 0 aliphatic heterocycles. The number of aliphatic imine (C=N–C) groups is 2. The van der Waals surface area contributed by atoms with Crippen LogP contribution < -0.4 is 0 Å². The highest BCUT2D eigenvalue weighted by molar-refractivity contribution is 6.39. The molecule has 1 saturated carbocycles. The van der Waals surface area contributed by atoms with Crippen molar-refractivity contribution in [1.82, 2.24) is 0 Å². The van der Waals surface area contributed by atoms with Crippen LogP contribution in [0.15, 0.2) is 46.4 Å². The fourth-order valence-corrected chi connectivity index (χ4v) is 4.04. The standard InChI is InChI=1S/C20H18Cl4N2/c21-15-5-3-6-16(22)13(15)11-25-19-9-1-2-10-20(19)26-12-14-17(23)7-4-8-18(14)24/h3-8,11-12,19-20H,1-2,9-10H2/t19-,20-/m0/s1. The van der Waals surface area contributed by atoms with Crippen molar-refractivity contribution in [1.29, 1.82) is 0 Å². The lowest BCUT2D eigenvalue weighted by Gasteiger charge is -2.25. The van der Waals surface area contributed by atoms with E-state index in [1.165, 1.54) is 0 Å². The summed E-state index contributed by atoms with van der Waals surface area (Å²) in [6.07, 6.45) is 7.78. The van der Waals surface area contributed by atoms with Gasteiger partial charge in [-0.25, -0.2) is 0 Å². The van der Waals surface area contributed by atoms with Crippen LogP contribution in [0.5, 0.6) is 0 Å². The first-order valence-corrected chi connectivity index (χ1v) is 10.0. The van der Waals surface area contributed by atoms with Gasteiger partial charge in [0, 0.05) is 23.6 Å². The summed E-state index contributed by atoms with van der Waals surface area (Å²) in [5.41, 5.74) is 1.50.